The van der Waals surface area contributed by atoms with Crippen molar-refractivity contribution in [2.24, 2.45) is 0 Å². The zero-order valence-electron chi connectivity index (χ0n) is 12.8. The number of hydrogen-bond acceptors (Lipinski definition) is 6. The summed E-state index contributed by atoms with van der Waals surface area (Å²) in [5, 5.41) is 11.5. The van der Waals surface area contributed by atoms with Crippen LogP contribution in [0, 0.1) is 0 Å². The molecule has 2 N–H and O–H groups in total. The smallest absolute Gasteiger partial charge is 0.305 e. The number of anilines is 1. The third kappa shape index (κ3) is 3.16. The van der Waals surface area contributed by atoms with Gasteiger partial charge in [0.05, 0.1) is 29.7 Å². The fraction of sp³-hybridized carbons (Fsp3) is 0.200. The predicted molar refractivity (Wildman–Crippen MR) is 100 cm³/mol. The molecule has 2 aliphatic heterocycles. The van der Waals surface area contributed by atoms with E-state index in [1.807, 2.05) is 0 Å². The van der Waals surface area contributed by atoms with Gasteiger partial charge in [-0.15, -0.1) is 0 Å². The summed E-state index contributed by atoms with van der Waals surface area (Å²) in [6, 6.07) is 3.43. The van der Waals surface area contributed by atoms with E-state index in [1.54, 1.807) is 12.1 Å². The van der Waals surface area contributed by atoms with Gasteiger partial charge in [-0.2, -0.15) is 0 Å². The van der Waals surface area contributed by atoms with Gasteiger partial charge in [0.25, 0.3) is 11.8 Å². The van der Waals surface area contributed by atoms with E-state index in [0.717, 1.165) is 11.8 Å². The van der Waals surface area contributed by atoms with E-state index in [0.29, 0.717) is 21.5 Å². The molecule has 0 unspecified atom stereocenters. The normalized spacial score (nSPS) is 19.3. The molecule has 1 aromatic rings. The number of benzene rings is 1. The van der Waals surface area contributed by atoms with Gasteiger partial charge in [0, 0.05) is 16.6 Å². The molecular weight excluding hydrogens is 432 g/mol. The van der Waals surface area contributed by atoms with Crippen LogP contribution >= 0.6 is 39.9 Å². The first-order valence-electron chi connectivity index (χ1n) is 7.02. The van der Waals surface area contributed by atoms with Crippen molar-refractivity contribution in [3.05, 3.63) is 27.1 Å². The Morgan fingerprint density at radius 2 is 2.16 bits per heavy atom. The molecule has 2 heterocycles. The number of nitrogens with one attached hydrogen (secondary N) is 1. The molecule has 3 rings (SSSR count). The van der Waals surface area contributed by atoms with Gasteiger partial charge in [-0.3, -0.25) is 19.3 Å². The minimum absolute atomic E-state index is 0.0347. The SMILES string of the molecule is COc1cc(Br)cc2c1NC(=O)C2=C1SC(=S)N(CCC(=O)O)C1=O. The highest BCUT2D eigenvalue weighted by molar-refractivity contribution is 9.10. The Kier molecular flexibility index (Phi) is 4.85. The lowest BCUT2D eigenvalue weighted by Crippen LogP contribution is -2.30. The van der Waals surface area contributed by atoms with Crippen LogP contribution in [-0.4, -0.2) is 45.8 Å². The molecule has 0 saturated carbocycles. The van der Waals surface area contributed by atoms with Crippen LogP contribution in [0.2, 0.25) is 0 Å². The zero-order chi connectivity index (χ0) is 18.3. The molecule has 1 aromatic carbocycles. The Morgan fingerprint density at radius 3 is 2.80 bits per heavy atom. The minimum atomic E-state index is -1.03. The summed E-state index contributed by atoms with van der Waals surface area (Å²) < 4.78 is 6.20. The van der Waals surface area contributed by atoms with Gasteiger partial charge >= 0.3 is 5.97 Å². The Balaban J connectivity index is 2.06. The second-order valence-corrected chi connectivity index (χ2v) is 7.72. The first kappa shape index (κ1) is 17.9. The number of nitrogens with zero attached hydrogens (tertiary/aromatic N) is 1. The topological polar surface area (TPSA) is 95.9 Å². The number of carbonyl (C=O) groups is 3. The number of carboxylic acid groups (broad SMARTS) is 1. The van der Waals surface area contributed by atoms with Crippen molar-refractivity contribution in [1.82, 2.24) is 4.90 Å². The fourth-order valence-corrected chi connectivity index (χ4v) is 4.36. The molecule has 0 aliphatic carbocycles. The highest BCUT2D eigenvalue weighted by Crippen LogP contribution is 2.46. The Hall–Kier alpha value is -1.91. The summed E-state index contributed by atoms with van der Waals surface area (Å²) in [6.45, 7) is -0.0347. The highest BCUT2D eigenvalue weighted by Gasteiger charge is 2.40. The van der Waals surface area contributed by atoms with Crippen molar-refractivity contribution >= 4 is 73.3 Å². The van der Waals surface area contributed by atoms with E-state index in [2.05, 4.69) is 21.2 Å². The van der Waals surface area contributed by atoms with Crippen molar-refractivity contribution in [2.75, 3.05) is 19.0 Å². The van der Waals surface area contributed by atoms with E-state index >= 15 is 0 Å². The third-order valence-electron chi connectivity index (χ3n) is 3.65. The molecule has 0 bridgehead atoms. The van der Waals surface area contributed by atoms with Crippen molar-refractivity contribution in [3.63, 3.8) is 0 Å². The van der Waals surface area contributed by atoms with Gasteiger partial charge in [-0.25, -0.2) is 0 Å². The largest absolute Gasteiger partial charge is 0.495 e. The zero-order valence-corrected chi connectivity index (χ0v) is 16.0. The van der Waals surface area contributed by atoms with Crippen LogP contribution in [0.5, 0.6) is 5.75 Å². The number of amides is 2. The maximum Gasteiger partial charge on any atom is 0.305 e. The number of ether oxygens (including phenoxy) is 1. The lowest BCUT2D eigenvalue weighted by atomic mass is 10.1. The average molecular weight is 443 g/mol. The van der Waals surface area contributed by atoms with Crippen molar-refractivity contribution in [3.8, 4) is 5.75 Å². The van der Waals surface area contributed by atoms with Gasteiger partial charge in [0.2, 0.25) is 0 Å². The average Bonchev–Trinajstić information content (AvgIpc) is 3.00. The number of thiocarbonyl (C=S) groups is 1. The fourth-order valence-electron chi connectivity index (χ4n) is 2.54. The Bertz CT molecular complexity index is 868. The summed E-state index contributed by atoms with van der Waals surface area (Å²) in [5.74, 6) is -1.45. The van der Waals surface area contributed by atoms with Crippen LogP contribution in [0.15, 0.2) is 21.5 Å². The Labute approximate surface area is 160 Å². The van der Waals surface area contributed by atoms with Crippen LogP contribution in [0.3, 0.4) is 0 Å². The molecule has 0 aromatic heterocycles. The van der Waals surface area contributed by atoms with Crippen molar-refractivity contribution in [2.45, 2.75) is 6.42 Å². The third-order valence-corrected chi connectivity index (χ3v) is 5.55. The maximum atomic E-state index is 12.7. The molecule has 0 radical (unpaired) electrons. The van der Waals surface area contributed by atoms with Gasteiger partial charge in [0.15, 0.2) is 0 Å². The van der Waals surface area contributed by atoms with Gasteiger partial charge in [0.1, 0.15) is 10.1 Å². The lowest BCUT2D eigenvalue weighted by molar-refractivity contribution is -0.137. The number of hydrogen-bond donors (Lipinski definition) is 2. The minimum Gasteiger partial charge on any atom is -0.495 e. The number of fused-ring (bicyclic) bond motifs is 1. The van der Waals surface area contributed by atoms with E-state index in [1.165, 1.54) is 12.0 Å². The second kappa shape index (κ2) is 6.77. The van der Waals surface area contributed by atoms with E-state index < -0.39 is 17.8 Å². The summed E-state index contributed by atoms with van der Waals surface area (Å²) in [7, 11) is 1.48. The van der Waals surface area contributed by atoms with Crippen LogP contribution in [0.1, 0.15) is 12.0 Å². The molecule has 7 nitrogen and oxygen atoms in total. The summed E-state index contributed by atoms with van der Waals surface area (Å²) in [5.41, 5.74) is 1.24. The lowest BCUT2D eigenvalue weighted by Gasteiger charge is -2.12. The number of thioether (sulfide) groups is 1. The molecule has 0 spiro atoms. The van der Waals surface area contributed by atoms with E-state index in [9.17, 15) is 14.4 Å². The summed E-state index contributed by atoms with van der Waals surface area (Å²) in [6.07, 6.45) is -0.225. The molecule has 2 amide bonds. The number of halogens is 1. The monoisotopic (exact) mass is 442 g/mol. The molecule has 1 saturated heterocycles. The van der Waals surface area contributed by atoms with Gasteiger partial charge in [-0.1, -0.05) is 39.9 Å². The van der Waals surface area contributed by atoms with Crippen LogP contribution in [0.4, 0.5) is 5.69 Å². The number of methoxy groups -OCH3 is 1. The van der Waals surface area contributed by atoms with Crippen molar-refractivity contribution < 1.29 is 24.2 Å². The maximum absolute atomic E-state index is 12.7. The van der Waals surface area contributed by atoms with Crippen LogP contribution in [-0.2, 0) is 14.4 Å². The predicted octanol–water partition coefficient (Wildman–Crippen LogP) is 2.46. The molecule has 2 aliphatic rings. The van der Waals surface area contributed by atoms with Crippen LogP contribution < -0.4 is 10.1 Å². The number of rotatable bonds is 4. The van der Waals surface area contributed by atoms with Crippen LogP contribution in [0.25, 0.3) is 5.57 Å². The summed E-state index contributed by atoms with van der Waals surface area (Å²) >= 11 is 9.52. The van der Waals surface area contributed by atoms with Crippen molar-refractivity contribution in [1.29, 1.82) is 0 Å². The first-order chi connectivity index (χ1) is 11.8. The first-order valence-corrected chi connectivity index (χ1v) is 9.04. The molecule has 0 atom stereocenters. The van der Waals surface area contributed by atoms with E-state index in [-0.39, 0.29) is 27.8 Å². The standard InChI is InChI=1S/C15H11BrN2O5S2/c1-23-8-5-6(16)4-7-10(13(21)17-11(7)8)12-14(22)18(15(24)25-12)3-2-9(19)20/h4-5H,2-3H2,1H3,(H,17,21)(H,19,20). The van der Waals surface area contributed by atoms with Gasteiger partial charge in [-0.05, 0) is 12.1 Å². The number of aliphatic carboxylic acids is 1. The molecule has 10 heteroatoms. The highest BCUT2D eigenvalue weighted by atomic mass is 79.9. The molecule has 130 valence electrons. The molecule has 1 fully saturated rings. The molecular formula is C15H11BrN2O5S2. The van der Waals surface area contributed by atoms with Gasteiger partial charge < -0.3 is 15.2 Å². The Morgan fingerprint density at radius 1 is 1.44 bits per heavy atom. The quantitative estimate of drug-likeness (QED) is 0.545. The number of carbonyl (C=O) groups excluding carboxylic acids is 2. The number of carboxylic acids is 1. The second-order valence-electron chi connectivity index (χ2n) is 5.16. The summed E-state index contributed by atoms with van der Waals surface area (Å²) in [4.78, 5) is 37.3. The van der Waals surface area contributed by atoms with E-state index in [4.69, 9.17) is 22.1 Å². The molecule has 25 heavy (non-hydrogen) atoms.